The summed E-state index contributed by atoms with van der Waals surface area (Å²) in [5, 5.41) is 4.47. The number of hydrogen-bond acceptors (Lipinski definition) is 3. The fourth-order valence-corrected chi connectivity index (χ4v) is 2.32. The average molecular weight is 216 g/mol. The first-order valence-corrected chi connectivity index (χ1v) is 5.74. The van der Waals surface area contributed by atoms with Crippen molar-refractivity contribution in [2.45, 2.75) is 25.3 Å². The van der Waals surface area contributed by atoms with Crippen molar-refractivity contribution in [1.29, 1.82) is 0 Å². The van der Waals surface area contributed by atoms with Gasteiger partial charge in [0.05, 0.1) is 5.69 Å². The first-order chi connectivity index (χ1) is 7.81. The van der Waals surface area contributed by atoms with E-state index in [0.717, 1.165) is 12.2 Å². The van der Waals surface area contributed by atoms with E-state index in [-0.39, 0.29) is 0 Å². The molecular weight excluding hydrogens is 200 g/mol. The fourth-order valence-electron chi connectivity index (χ4n) is 2.32. The van der Waals surface area contributed by atoms with Gasteiger partial charge in [0, 0.05) is 31.1 Å². The maximum absolute atomic E-state index is 4.47. The van der Waals surface area contributed by atoms with Crippen LogP contribution in [0.1, 0.15) is 30.0 Å². The summed E-state index contributed by atoms with van der Waals surface area (Å²) < 4.78 is 2.09. The number of nitrogens with one attached hydrogen (secondary N) is 1. The molecule has 0 atom stereocenters. The smallest absolute Gasteiger partial charge is 0.143 e. The van der Waals surface area contributed by atoms with Gasteiger partial charge in [-0.1, -0.05) is 0 Å². The van der Waals surface area contributed by atoms with Crippen molar-refractivity contribution in [3.05, 3.63) is 23.8 Å². The zero-order valence-corrected chi connectivity index (χ0v) is 9.70. The molecule has 1 fully saturated rings. The second-order valence-corrected chi connectivity index (χ2v) is 4.53. The van der Waals surface area contributed by atoms with Gasteiger partial charge in [-0.3, -0.25) is 0 Å². The van der Waals surface area contributed by atoms with Gasteiger partial charge in [-0.25, -0.2) is 9.97 Å². The lowest BCUT2D eigenvalue weighted by atomic mass is 10.1. The SMILES string of the molecule is CNCc1cn(C)c2ncnc(C3CC3)c12. The molecule has 2 heterocycles. The number of aromatic nitrogens is 3. The van der Waals surface area contributed by atoms with Gasteiger partial charge in [0.2, 0.25) is 0 Å². The Hall–Kier alpha value is -1.42. The lowest BCUT2D eigenvalue weighted by Crippen LogP contribution is -2.05. The van der Waals surface area contributed by atoms with Crippen LogP contribution < -0.4 is 5.32 Å². The highest BCUT2D eigenvalue weighted by atomic mass is 15.0. The van der Waals surface area contributed by atoms with E-state index in [4.69, 9.17) is 0 Å². The summed E-state index contributed by atoms with van der Waals surface area (Å²) in [4.78, 5) is 8.85. The van der Waals surface area contributed by atoms with Crippen molar-refractivity contribution >= 4 is 11.0 Å². The minimum Gasteiger partial charge on any atom is -0.335 e. The third kappa shape index (κ3) is 1.41. The van der Waals surface area contributed by atoms with Gasteiger partial charge in [-0.05, 0) is 25.5 Å². The highest BCUT2D eigenvalue weighted by Crippen LogP contribution is 2.42. The molecule has 0 spiro atoms. The molecule has 0 aliphatic heterocycles. The summed E-state index contributed by atoms with van der Waals surface area (Å²) in [7, 11) is 4.02. The van der Waals surface area contributed by atoms with Gasteiger partial charge < -0.3 is 9.88 Å². The first-order valence-electron chi connectivity index (χ1n) is 5.74. The molecule has 0 unspecified atom stereocenters. The van der Waals surface area contributed by atoms with E-state index in [1.54, 1.807) is 6.33 Å². The van der Waals surface area contributed by atoms with E-state index in [9.17, 15) is 0 Å². The summed E-state index contributed by atoms with van der Waals surface area (Å²) in [6.07, 6.45) is 6.40. The maximum atomic E-state index is 4.47. The topological polar surface area (TPSA) is 42.7 Å². The van der Waals surface area contributed by atoms with E-state index < -0.39 is 0 Å². The minimum atomic E-state index is 0.670. The van der Waals surface area contributed by atoms with Crippen LogP contribution in [0.4, 0.5) is 0 Å². The number of hydrogen-bond donors (Lipinski definition) is 1. The van der Waals surface area contributed by atoms with Gasteiger partial charge in [0.25, 0.3) is 0 Å². The van der Waals surface area contributed by atoms with E-state index in [1.165, 1.54) is 29.5 Å². The standard InChI is InChI=1S/C12H16N4/c1-13-5-9-6-16(2)12-10(9)11(8-3-4-8)14-7-15-12/h6-8,13H,3-5H2,1-2H3. The highest BCUT2D eigenvalue weighted by molar-refractivity contribution is 5.83. The predicted molar refractivity (Wildman–Crippen MR) is 63.2 cm³/mol. The number of fused-ring (bicyclic) bond motifs is 1. The Labute approximate surface area is 94.7 Å². The predicted octanol–water partition coefficient (Wildman–Crippen LogP) is 1.57. The van der Waals surface area contributed by atoms with Crippen LogP contribution in [-0.4, -0.2) is 21.6 Å². The van der Waals surface area contributed by atoms with Gasteiger partial charge in [-0.2, -0.15) is 0 Å². The minimum absolute atomic E-state index is 0.670. The van der Waals surface area contributed by atoms with Gasteiger partial charge in [-0.15, -0.1) is 0 Å². The average Bonchev–Trinajstić information content (AvgIpc) is 3.07. The molecule has 1 aliphatic rings. The molecule has 1 saturated carbocycles. The molecule has 0 radical (unpaired) electrons. The molecule has 4 heteroatoms. The van der Waals surface area contributed by atoms with Crippen molar-refractivity contribution in [2.24, 2.45) is 7.05 Å². The Kier molecular flexibility index (Phi) is 2.17. The molecule has 2 aromatic heterocycles. The molecule has 0 saturated heterocycles. The molecule has 1 N–H and O–H groups in total. The maximum Gasteiger partial charge on any atom is 0.143 e. The molecule has 2 aromatic rings. The van der Waals surface area contributed by atoms with E-state index in [1.807, 2.05) is 14.1 Å². The van der Waals surface area contributed by atoms with Crippen LogP contribution in [0, 0.1) is 0 Å². The Balaban J connectivity index is 2.25. The molecule has 16 heavy (non-hydrogen) atoms. The molecule has 84 valence electrons. The Morgan fingerprint density at radius 1 is 1.44 bits per heavy atom. The molecule has 3 rings (SSSR count). The fraction of sp³-hybridized carbons (Fsp3) is 0.500. The van der Waals surface area contributed by atoms with Gasteiger partial charge in [0.1, 0.15) is 12.0 Å². The lowest BCUT2D eigenvalue weighted by molar-refractivity contribution is 0.814. The third-order valence-corrected chi connectivity index (χ3v) is 3.19. The van der Waals surface area contributed by atoms with Crippen molar-refractivity contribution in [3.8, 4) is 0 Å². The highest BCUT2D eigenvalue weighted by Gasteiger charge is 2.28. The van der Waals surface area contributed by atoms with Crippen LogP contribution in [0.2, 0.25) is 0 Å². The van der Waals surface area contributed by atoms with Gasteiger partial charge in [0.15, 0.2) is 0 Å². The molecule has 0 amide bonds. The van der Waals surface area contributed by atoms with Crippen LogP contribution >= 0.6 is 0 Å². The quantitative estimate of drug-likeness (QED) is 0.846. The Morgan fingerprint density at radius 3 is 2.94 bits per heavy atom. The summed E-state index contributed by atoms with van der Waals surface area (Å²) in [6, 6.07) is 0. The largest absolute Gasteiger partial charge is 0.335 e. The lowest BCUT2D eigenvalue weighted by Gasteiger charge is -2.02. The summed E-state index contributed by atoms with van der Waals surface area (Å²) in [5.41, 5.74) is 3.61. The van der Waals surface area contributed by atoms with Crippen molar-refractivity contribution in [1.82, 2.24) is 19.9 Å². The van der Waals surface area contributed by atoms with Crippen LogP contribution in [-0.2, 0) is 13.6 Å². The molecule has 1 aliphatic carbocycles. The third-order valence-electron chi connectivity index (χ3n) is 3.19. The summed E-state index contributed by atoms with van der Waals surface area (Å²) >= 11 is 0. The second-order valence-electron chi connectivity index (χ2n) is 4.53. The van der Waals surface area contributed by atoms with Crippen molar-refractivity contribution in [3.63, 3.8) is 0 Å². The monoisotopic (exact) mass is 216 g/mol. The molecule has 0 aromatic carbocycles. The van der Waals surface area contributed by atoms with Crippen LogP contribution in [0.5, 0.6) is 0 Å². The van der Waals surface area contributed by atoms with Crippen molar-refractivity contribution in [2.75, 3.05) is 7.05 Å². The van der Waals surface area contributed by atoms with E-state index in [2.05, 4.69) is 26.0 Å². The van der Waals surface area contributed by atoms with E-state index in [0.29, 0.717) is 5.92 Å². The normalized spacial score (nSPS) is 15.9. The van der Waals surface area contributed by atoms with Crippen LogP contribution in [0.3, 0.4) is 0 Å². The second kappa shape index (κ2) is 3.56. The molecule has 4 nitrogen and oxygen atoms in total. The molecular formula is C12H16N4. The number of rotatable bonds is 3. The summed E-state index contributed by atoms with van der Waals surface area (Å²) in [5.74, 6) is 0.670. The zero-order valence-electron chi connectivity index (χ0n) is 9.70. The Morgan fingerprint density at radius 2 is 2.25 bits per heavy atom. The van der Waals surface area contributed by atoms with Gasteiger partial charge >= 0.3 is 0 Å². The molecule has 0 bridgehead atoms. The number of nitrogens with zero attached hydrogens (tertiary/aromatic N) is 3. The Bertz CT molecular complexity index is 525. The zero-order chi connectivity index (χ0) is 11.1. The number of aryl methyl sites for hydroxylation is 1. The van der Waals surface area contributed by atoms with Crippen LogP contribution in [0.25, 0.3) is 11.0 Å². The van der Waals surface area contributed by atoms with Crippen LogP contribution in [0.15, 0.2) is 12.5 Å². The first kappa shape index (κ1) is 9.78. The van der Waals surface area contributed by atoms with E-state index >= 15 is 0 Å². The summed E-state index contributed by atoms with van der Waals surface area (Å²) in [6.45, 7) is 0.879. The van der Waals surface area contributed by atoms with Crippen molar-refractivity contribution < 1.29 is 0 Å².